The summed E-state index contributed by atoms with van der Waals surface area (Å²) in [7, 11) is 0. The van der Waals surface area contributed by atoms with Crippen molar-refractivity contribution in [2.45, 2.75) is 19.6 Å². The van der Waals surface area contributed by atoms with Gasteiger partial charge in [0.1, 0.15) is 11.8 Å². The second kappa shape index (κ2) is 12.0. The highest BCUT2D eigenvalue weighted by Gasteiger charge is 2.34. The number of hydrogen-bond donors (Lipinski definition) is 2. The lowest BCUT2D eigenvalue weighted by Gasteiger charge is -2.34. The van der Waals surface area contributed by atoms with Gasteiger partial charge in [0, 0.05) is 55.7 Å². The van der Waals surface area contributed by atoms with Crippen LogP contribution in [0.5, 0.6) is 0 Å². The summed E-state index contributed by atoms with van der Waals surface area (Å²) >= 11 is 0. The van der Waals surface area contributed by atoms with Gasteiger partial charge in [-0.2, -0.15) is 18.4 Å². The molecular formula is C31H29F3N6O. The third-order valence-corrected chi connectivity index (χ3v) is 7.34. The summed E-state index contributed by atoms with van der Waals surface area (Å²) in [6.45, 7) is 6.30. The summed E-state index contributed by atoms with van der Waals surface area (Å²) in [6, 6.07) is 19.9. The number of nitrogens with one attached hydrogen (secondary N) is 2. The Hall–Kier alpha value is -4.46. The number of alkyl halides is 3. The van der Waals surface area contributed by atoms with Crippen LogP contribution in [0.3, 0.4) is 0 Å². The van der Waals surface area contributed by atoms with Crippen molar-refractivity contribution in [2.24, 2.45) is 0 Å². The van der Waals surface area contributed by atoms with Gasteiger partial charge >= 0.3 is 12.2 Å². The van der Waals surface area contributed by atoms with Crippen molar-refractivity contribution < 1.29 is 18.0 Å². The monoisotopic (exact) mass is 558 g/mol. The molecule has 210 valence electrons. The number of nitrogens with zero attached hydrogens (tertiary/aromatic N) is 4. The van der Waals surface area contributed by atoms with Crippen LogP contribution in [0.2, 0.25) is 0 Å². The zero-order chi connectivity index (χ0) is 29.0. The molecule has 0 unspecified atom stereocenters. The Morgan fingerprint density at radius 3 is 2.29 bits per heavy atom. The molecule has 2 N–H and O–H groups in total. The number of hydrogen-bond acceptors (Lipinski definition) is 5. The largest absolute Gasteiger partial charge is 0.416 e. The fraction of sp³-hybridized carbons (Fsp3) is 0.258. The molecule has 2 amide bonds. The summed E-state index contributed by atoms with van der Waals surface area (Å²) in [6.07, 6.45) is -2.95. The predicted octanol–water partition coefficient (Wildman–Crippen LogP) is 6.57. The van der Waals surface area contributed by atoms with E-state index < -0.39 is 17.8 Å². The summed E-state index contributed by atoms with van der Waals surface area (Å²) in [4.78, 5) is 21.1. The van der Waals surface area contributed by atoms with Crippen molar-refractivity contribution >= 4 is 28.2 Å². The molecular weight excluding hydrogens is 529 g/mol. The Morgan fingerprint density at radius 1 is 0.927 bits per heavy atom. The van der Waals surface area contributed by atoms with Crippen LogP contribution in [0.4, 0.5) is 29.3 Å². The molecule has 0 spiro atoms. The lowest BCUT2D eigenvalue weighted by Crippen LogP contribution is -2.45. The Bertz CT molecular complexity index is 1590. The fourth-order valence-electron chi connectivity index (χ4n) is 5.14. The van der Waals surface area contributed by atoms with E-state index in [1.54, 1.807) is 18.3 Å². The molecule has 4 aromatic rings. The van der Waals surface area contributed by atoms with Gasteiger partial charge in [0.2, 0.25) is 0 Å². The number of anilines is 2. The number of aromatic nitrogens is 1. The van der Waals surface area contributed by atoms with E-state index in [0.29, 0.717) is 24.5 Å². The van der Waals surface area contributed by atoms with Crippen molar-refractivity contribution in [1.29, 1.82) is 5.26 Å². The number of carbonyl (C=O) groups excluding carboxylic acids is 1. The maximum Gasteiger partial charge on any atom is 0.416 e. The minimum absolute atomic E-state index is 0.0589. The van der Waals surface area contributed by atoms with Crippen molar-refractivity contribution in [3.8, 4) is 17.2 Å². The number of halogens is 3. The summed E-state index contributed by atoms with van der Waals surface area (Å²) < 4.78 is 41.8. The first kappa shape index (κ1) is 28.1. The minimum atomic E-state index is -4.55. The van der Waals surface area contributed by atoms with Gasteiger partial charge in [0.05, 0.1) is 5.56 Å². The third kappa shape index (κ3) is 6.48. The third-order valence-electron chi connectivity index (χ3n) is 7.34. The van der Waals surface area contributed by atoms with Crippen LogP contribution in [-0.4, -0.2) is 53.5 Å². The number of likely N-dealkylation sites (N-methyl/N-ethyl adjacent to an activating group) is 1. The van der Waals surface area contributed by atoms with Gasteiger partial charge in [-0.15, -0.1) is 0 Å². The van der Waals surface area contributed by atoms with Crippen molar-refractivity contribution in [3.63, 3.8) is 0 Å². The number of fused-ring (bicyclic) bond motifs is 1. The van der Waals surface area contributed by atoms with E-state index in [0.717, 1.165) is 47.6 Å². The molecule has 1 saturated heterocycles. The maximum atomic E-state index is 13.9. The van der Waals surface area contributed by atoms with Crippen LogP contribution in [0.15, 0.2) is 72.9 Å². The standard InChI is InChI=1S/C31H29F3N6O/c1-2-39-14-16-40(17-15-39)20-22-8-11-24(18-28(22)31(32,33)34)38-30(41)37-23-9-6-21(7-10-23)25-4-3-5-27-26(25)12-13-36-29(27)19-35/h3-13,18H,2,14-17,20H2,1H3,(H2,37,38,41). The highest BCUT2D eigenvalue weighted by atomic mass is 19.4. The summed E-state index contributed by atoms with van der Waals surface area (Å²) in [5.74, 6) is 0. The second-order valence-electron chi connectivity index (χ2n) is 9.91. The quantitative estimate of drug-likeness (QED) is 0.280. The first-order valence-electron chi connectivity index (χ1n) is 13.4. The average Bonchev–Trinajstić information content (AvgIpc) is 2.97. The number of nitriles is 1. The van der Waals surface area contributed by atoms with Crippen molar-refractivity contribution in [1.82, 2.24) is 14.8 Å². The molecule has 10 heteroatoms. The van der Waals surface area contributed by atoms with Crippen molar-refractivity contribution in [2.75, 3.05) is 43.4 Å². The summed E-state index contributed by atoms with van der Waals surface area (Å²) in [5.41, 5.74) is 2.10. The van der Waals surface area contributed by atoms with Crippen LogP contribution in [0.1, 0.15) is 23.7 Å². The molecule has 0 bridgehead atoms. The molecule has 0 atom stereocenters. The Morgan fingerprint density at radius 2 is 1.61 bits per heavy atom. The Balaban J connectivity index is 1.27. The number of pyridine rings is 1. The number of amides is 2. The molecule has 2 heterocycles. The van der Waals surface area contributed by atoms with E-state index in [1.165, 1.54) is 12.1 Å². The van der Waals surface area contributed by atoms with Crippen molar-refractivity contribution in [3.05, 3.63) is 89.7 Å². The first-order valence-corrected chi connectivity index (χ1v) is 13.4. The van der Waals surface area contributed by atoms with Gasteiger partial charge in [-0.05, 0) is 59.0 Å². The summed E-state index contributed by atoms with van der Waals surface area (Å²) in [5, 5.41) is 16.2. The van der Waals surface area contributed by atoms with Gasteiger partial charge in [-0.25, -0.2) is 9.78 Å². The number of benzene rings is 3. The lowest BCUT2D eigenvalue weighted by molar-refractivity contribution is -0.138. The SMILES string of the molecule is CCN1CCN(Cc2ccc(NC(=O)Nc3ccc(-c4cccc5c(C#N)nccc45)cc3)cc2C(F)(F)F)CC1. The van der Waals surface area contributed by atoms with E-state index in [4.69, 9.17) is 0 Å². The predicted molar refractivity (Wildman–Crippen MR) is 153 cm³/mol. The normalized spacial score (nSPS) is 14.5. The van der Waals surface area contributed by atoms with E-state index in [1.807, 2.05) is 41.3 Å². The van der Waals surface area contributed by atoms with Gasteiger partial charge in [0.15, 0.2) is 0 Å². The van der Waals surface area contributed by atoms with E-state index in [-0.39, 0.29) is 17.8 Å². The number of carbonyl (C=O) groups is 1. The van der Waals surface area contributed by atoms with Gasteiger partial charge in [-0.1, -0.05) is 43.3 Å². The van der Waals surface area contributed by atoms with E-state index in [9.17, 15) is 23.2 Å². The molecule has 7 nitrogen and oxygen atoms in total. The minimum Gasteiger partial charge on any atom is -0.308 e. The number of urea groups is 1. The van der Waals surface area contributed by atoms with Crippen LogP contribution in [0, 0.1) is 11.3 Å². The molecule has 1 aromatic heterocycles. The molecule has 0 aliphatic carbocycles. The van der Waals surface area contributed by atoms with Crippen LogP contribution in [-0.2, 0) is 12.7 Å². The maximum absolute atomic E-state index is 13.9. The smallest absolute Gasteiger partial charge is 0.308 e. The topological polar surface area (TPSA) is 84.3 Å². The molecule has 3 aromatic carbocycles. The lowest BCUT2D eigenvalue weighted by atomic mass is 9.98. The number of piperazine rings is 1. The van der Waals surface area contributed by atoms with Crippen LogP contribution >= 0.6 is 0 Å². The molecule has 0 radical (unpaired) electrons. The van der Waals surface area contributed by atoms with Crippen LogP contribution in [0.25, 0.3) is 21.9 Å². The zero-order valence-corrected chi connectivity index (χ0v) is 22.5. The van der Waals surface area contributed by atoms with E-state index in [2.05, 4.69) is 33.5 Å². The molecule has 0 saturated carbocycles. The molecule has 5 rings (SSSR count). The van der Waals surface area contributed by atoms with Gasteiger partial charge < -0.3 is 15.5 Å². The van der Waals surface area contributed by atoms with Gasteiger partial charge in [-0.3, -0.25) is 4.90 Å². The highest BCUT2D eigenvalue weighted by molar-refractivity contribution is 6.01. The Labute approximate surface area is 236 Å². The zero-order valence-electron chi connectivity index (χ0n) is 22.5. The van der Waals surface area contributed by atoms with E-state index >= 15 is 0 Å². The fourth-order valence-corrected chi connectivity index (χ4v) is 5.14. The highest BCUT2D eigenvalue weighted by Crippen LogP contribution is 2.35. The molecule has 41 heavy (non-hydrogen) atoms. The first-order chi connectivity index (χ1) is 19.7. The Kier molecular flexibility index (Phi) is 8.19. The second-order valence-corrected chi connectivity index (χ2v) is 9.91. The molecule has 1 aliphatic heterocycles. The molecule has 1 aliphatic rings. The average molecular weight is 559 g/mol. The number of rotatable bonds is 6. The van der Waals surface area contributed by atoms with Gasteiger partial charge in [0.25, 0.3) is 0 Å². The van der Waals surface area contributed by atoms with Crippen LogP contribution < -0.4 is 10.6 Å². The molecule has 1 fully saturated rings.